The molecule has 0 aromatic heterocycles. The van der Waals surface area contributed by atoms with Crippen LogP contribution in [0.25, 0.3) is 0 Å². The maximum absolute atomic E-state index is 8.88. The Hall–Kier alpha value is 1.40. The van der Waals surface area contributed by atoms with E-state index < -0.39 is 7.82 Å². The molecule has 0 bridgehead atoms. The summed E-state index contributed by atoms with van der Waals surface area (Å²) in [6.07, 6.45) is 1.08. The molecule has 0 heterocycles. The van der Waals surface area contributed by atoms with Gasteiger partial charge in [0.1, 0.15) is 0 Å². The quantitative estimate of drug-likeness (QED) is 0.256. The molecule has 0 unspecified atom stereocenters. The Morgan fingerprint density at radius 2 is 1.60 bits per heavy atom. The van der Waals surface area contributed by atoms with Gasteiger partial charge in [-0.1, -0.05) is 6.92 Å². The number of rotatable bonds is 1. The summed E-state index contributed by atoms with van der Waals surface area (Å²) in [5.74, 6) is 0.792. The molecule has 0 aromatic rings. The van der Waals surface area contributed by atoms with Crippen LogP contribution >= 0.6 is 19.4 Å². The second-order valence-corrected chi connectivity index (χ2v) is 2.61. The van der Waals surface area contributed by atoms with E-state index in [0.717, 1.165) is 12.3 Å². The largest absolute Gasteiger partial charge is 1.00 e. The molecule has 0 rings (SSSR count). The van der Waals surface area contributed by atoms with E-state index in [4.69, 9.17) is 30.8 Å². The van der Waals surface area contributed by atoms with Gasteiger partial charge in [-0.05, 0) is 6.42 Å². The van der Waals surface area contributed by atoms with E-state index in [1.165, 1.54) is 0 Å². The van der Waals surface area contributed by atoms with Crippen LogP contribution < -0.4 is 29.6 Å². The summed E-state index contributed by atoms with van der Waals surface area (Å²) in [4.78, 5) is 21.6. The van der Waals surface area contributed by atoms with Crippen LogP contribution in [-0.4, -0.2) is 20.6 Å². The fourth-order valence-corrected chi connectivity index (χ4v) is 0. The van der Waals surface area contributed by atoms with E-state index in [2.05, 4.69) is 0 Å². The number of hydrogen-bond acceptors (Lipinski definition) is 1. The molecule has 0 aliphatic rings. The van der Waals surface area contributed by atoms with Gasteiger partial charge in [0.15, 0.2) is 0 Å². The summed E-state index contributed by atoms with van der Waals surface area (Å²) in [7, 11) is -4.64. The van der Waals surface area contributed by atoms with Gasteiger partial charge in [-0.3, -0.25) is 0 Å². The van der Waals surface area contributed by atoms with Crippen molar-refractivity contribution in [3.8, 4) is 0 Å². The first-order chi connectivity index (χ1) is 3.91. The van der Waals surface area contributed by atoms with Crippen molar-refractivity contribution in [3.63, 3.8) is 0 Å². The number of phosphoric acid groups is 1. The van der Waals surface area contributed by atoms with Crippen LogP contribution in [0.4, 0.5) is 0 Å². The zero-order chi connectivity index (χ0) is 7.91. The maximum atomic E-state index is 8.88. The average molecular weight is 201 g/mol. The molecule has 0 spiro atoms. The normalized spacial score (nSPS) is 8.90. The van der Waals surface area contributed by atoms with E-state index in [1.54, 1.807) is 0 Å². The molecule has 0 amide bonds. The third kappa shape index (κ3) is 115. The summed E-state index contributed by atoms with van der Waals surface area (Å²) in [6, 6.07) is 0. The van der Waals surface area contributed by atoms with Gasteiger partial charge in [0.05, 0.1) is 0 Å². The first-order valence-corrected chi connectivity index (χ1v) is 4.36. The third-order valence-corrected chi connectivity index (χ3v) is 0.567. The van der Waals surface area contributed by atoms with Gasteiger partial charge in [-0.2, -0.15) is 0 Å². The number of hydrogen-bond donors (Lipinski definition) is 3. The Bertz CT molecular complexity index is 89.1. The standard InChI is InChI=1S/C3H7Cl.Na.H3O4P.H/c1-2-3-4;;1-5(2,3)4;/h2-3H2,1H3;;(H3,1,2,3,4);/q;+1;;-1. The molecule has 60 valence electrons. The molecule has 0 aliphatic carbocycles. The van der Waals surface area contributed by atoms with Crippen LogP contribution in [0.2, 0.25) is 0 Å². The van der Waals surface area contributed by atoms with E-state index in [0.29, 0.717) is 0 Å². The maximum Gasteiger partial charge on any atom is 1.00 e. The minimum Gasteiger partial charge on any atom is -1.00 e. The van der Waals surface area contributed by atoms with Crippen molar-refractivity contribution in [2.75, 3.05) is 5.88 Å². The smallest absolute Gasteiger partial charge is 1.00 e. The summed E-state index contributed by atoms with van der Waals surface area (Å²) < 4.78 is 8.88. The summed E-state index contributed by atoms with van der Waals surface area (Å²) in [5, 5.41) is 0. The van der Waals surface area contributed by atoms with Crippen molar-refractivity contribution >= 4 is 19.4 Å². The molecule has 7 heteroatoms. The molecule has 0 aliphatic heterocycles. The minimum absolute atomic E-state index is 0. The van der Waals surface area contributed by atoms with Crippen LogP contribution in [0.5, 0.6) is 0 Å². The summed E-state index contributed by atoms with van der Waals surface area (Å²) in [6.45, 7) is 2.05. The van der Waals surface area contributed by atoms with Crippen LogP contribution in [0.1, 0.15) is 14.8 Å². The van der Waals surface area contributed by atoms with E-state index in [1.807, 2.05) is 6.92 Å². The zero-order valence-corrected chi connectivity index (χ0v) is 9.64. The van der Waals surface area contributed by atoms with Gasteiger partial charge in [0, 0.05) is 5.88 Å². The fraction of sp³-hybridized carbons (Fsp3) is 1.00. The molecule has 10 heavy (non-hydrogen) atoms. The first-order valence-electron chi connectivity index (χ1n) is 2.26. The van der Waals surface area contributed by atoms with Gasteiger partial charge < -0.3 is 16.1 Å². The molecular weight excluding hydrogens is 189 g/mol. The van der Waals surface area contributed by atoms with Gasteiger partial charge in [0.25, 0.3) is 0 Å². The van der Waals surface area contributed by atoms with Crippen LogP contribution in [0, 0.1) is 0 Å². The average Bonchev–Trinajstić information content (AvgIpc) is 1.61. The van der Waals surface area contributed by atoms with Crippen molar-refractivity contribution in [1.29, 1.82) is 0 Å². The van der Waals surface area contributed by atoms with Gasteiger partial charge >= 0.3 is 37.4 Å². The molecule has 4 nitrogen and oxygen atoms in total. The molecule has 0 fully saturated rings. The summed E-state index contributed by atoms with van der Waals surface area (Å²) >= 11 is 5.19. The first kappa shape index (κ1) is 17.5. The Labute approximate surface area is 88.6 Å². The van der Waals surface area contributed by atoms with Crippen LogP contribution in [0.3, 0.4) is 0 Å². The molecular formula is C3H11ClNaO4P. The van der Waals surface area contributed by atoms with Crippen molar-refractivity contribution in [3.05, 3.63) is 0 Å². The predicted octanol–water partition coefficient (Wildman–Crippen LogP) is -2.18. The Morgan fingerprint density at radius 3 is 1.60 bits per heavy atom. The molecule has 0 radical (unpaired) electrons. The van der Waals surface area contributed by atoms with Gasteiger partial charge in [0.2, 0.25) is 0 Å². The van der Waals surface area contributed by atoms with E-state index in [-0.39, 0.29) is 31.0 Å². The van der Waals surface area contributed by atoms with Crippen LogP contribution in [-0.2, 0) is 4.57 Å². The molecule has 0 aromatic carbocycles. The minimum atomic E-state index is -4.64. The van der Waals surface area contributed by atoms with E-state index in [9.17, 15) is 0 Å². The van der Waals surface area contributed by atoms with Gasteiger partial charge in [-0.25, -0.2) is 4.57 Å². The monoisotopic (exact) mass is 200 g/mol. The third-order valence-electron chi connectivity index (χ3n) is 0.189. The second-order valence-electron chi connectivity index (χ2n) is 1.20. The Morgan fingerprint density at radius 1 is 1.50 bits per heavy atom. The number of alkyl halides is 1. The molecule has 0 atom stereocenters. The SMILES string of the molecule is CCCCl.O=P(O)(O)O.[H-].[Na+]. The Balaban J connectivity index is -0.0000000383. The zero-order valence-electron chi connectivity index (χ0n) is 6.99. The molecule has 0 saturated heterocycles. The summed E-state index contributed by atoms with van der Waals surface area (Å²) in [5.41, 5.74) is 0. The second kappa shape index (κ2) is 10.4. The van der Waals surface area contributed by atoms with Crippen molar-refractivity contribution < 1.29 is 50.2 Å². The number of halogens is 1. The molecule has 0 saturated carbocycles. The van der Waals surface area contributed by atoms with Crippen LogP contribution in [0.15, 0.2) is 0 Å². The molecule has 3 N–H and O–H groups in total. The van der Waals surface area contributed by atoms with Crippen molar-refractivity contribution in [2.45, 2.75) is 13.3 Å². The van der Waals surface area contributed by atoms with Gasteiger partial charge in [-0.15, -0.1) is 11.6 Å². The van der Waals surface area contributed by atoms with E-state index >= 15 is 0 Å². The van der Waals surface area contributed by atoms with Crippen molar-refractivity contribution in [1.82, 2.24) is 0 Å². The Kier molecular flexibility index (Phi) is 18.2. The van der Waals surface area contributed by atoms with Crippen molar-refractivity contribution in [2.24, 2.45) is 0 Å². The topological polar surface area (TPSA) is 77.8 Å². The fourth-order valence-electron chi connectivity index (χ4n) is 0. The predicted molar refractivity (Wildman–Crippen MR) is 36.4 cm³/mol.